The highest BCUT2D eigenvalue weighted by Crippen LogP contribution is 2.47. The highest BCUT2D eigenvalue weighted by Gasteiger charge is 2.46. The Morgan fingerprint density at radius 1 is 1.02 bits per heavy atom. The van der Waals surface area contributed by atoms with Gasteiger partial charge < -0.3 is 18.9 Å². The van der Waals surface area contributed by atoms with Crippen LogP contribution < -0.4 is 10.0 Å². The van der Waals surface area contributed by atoms with E-state index in [1.54, 1.807) is 24.3 Å². The van der Waals surface area contributed by atoms with Gasteiger partial charge in [-0.15, -0.1) is 0 Å². The Hall–Kier alpha value is -2.63. The molecular formula is C31H33Cl2N3O6S. The number of esters is 1. The molecule has 3 aliphatic carbocycles. The molecule has 1 unspecified atom stereocenters. The van der Waals surface area contributed by atoms with E-state index in [0.29, 0.717) is 70.6 Å². The van der Waals surface area contributed by atoms with Crippen molar-refractivity contribution in [2.24, 2.45) is 11.1 Å². The Kier molecular flexibility index (Phi) is 7.70. The van der Waals surface area contributed by atoms with Crippen LogP contribution in [0.15, 0.2) is 47.0 Å². The first-order valence-electron chi connectivity index (χ1n) is 14.8. The molecule has 2 aromatic carbocycles. The average Bonchev–Trinajstić information content (AvgIpc) is 3.31. The van der Waals surface area contributed by atoms with Gasteiger partial charge in [-0.25, -0.2) is 18.4 Å². The topological polar surface area (TPSA) is 125 Å². The smallest absolute Gasteiger partial charge is 0.338 e. The van der Waals surface area contributed by atoms with Crippen LogP contribution in [0.3, 0.4) is 0 Å². The standard InChI is InChI=1S/C31H33Cl2N3O6S/c32-23-3-1-4-24(33)28(23)29-22(30(42-35-29)17-7-8-17)16-40-26-14-21-13-19(26)15-36(21)20-11-9-18(10-12-20)31(37)41-25-5-2-6-27(25)43(34,38)39/h1,3-4,9-12,17,19,21,25-27H,2,5-8,13-16H2,(H2,34,38,39)/t19-,21-,25+,26+,27?/m0/s1. The molecule has 0 radical (unpaired) electrons. The second kappa shape index (κ2) is 11.4. The van der Waals surface area contributed by atoms with Crippen molar-refractivity contribution in [3.63, 3.8) is 0 Å². The van der Waals surface area contributed by atoms with Crippen molar-refractivity contribution in [1.82, 2.24) is 5.16 Å². The summed E-state index contributed by atoms with van der Waals surface area (Å²) in [6, 6.07) is 13.1. The zero-order valence-electron chi connectivity index (χ0n) is 23.5. The Morgan fingerprint density at radius 2 is 1.77 bits per heavy atom. The number of primary sulfonamides is 1. The summed E-state index contributed by atoms with van der Waals surface area (Å²) in [5.74, 6) is 1.09. The molecule has 3 aromatic rings. The zero-order valence-corrected chi connectivity index (χ0v) is 25.8. The van der Waals surface area contributed by atoms with Gasteiger partial charge in [-0.3, -0.25) is 0 Å². The van der Waals surface area contributed by atoms with Gasteiger partial charge in [0.25, 0.3) is 0 Å². The summed E-state index contributed by atoms with van der Waals surface area (Å²) in [6.45, 7) is 1.25. The van der Waals surface area contributed by atoms with Crippen molar-refractivity contribution >= 4 is 44.9 Å². The average molecular weight is 647 g/mol. The predicted octanol–water partition coefficient (Wildman–Crippen LogP) is 6.08. The maximum Gasteiger partial charge on any atom is 0.338 e. The number of aromatic nitrogens is 1. The summed E-state index contributed by atoms with van der Waals surface area (Å²) in [4.78, 5) is 15.1. The molecule has 12 heteroatoms. The fourth-order valence-corrected chi connectivity index (χ4v) is 8.75. The van der Waals surface area contributed by atoms with Gasteiger partial charge in [0.1, 0.15) is 22.8 Å². The molecule has 228 valence electrons. The van der Waals surface area contributed by atoms with Crippen molar-refractivity contribution in [3.05, 3.63) is 69.4 Å². The van der Waals surface area contributed by atoms with E-state index in [-0.39, 0.29) is 6.10 Å². The first-order valence-corrected chi connectivity index (χ1v) is 17.2. The first-order chi connectivity index (χ1) is 20.7. The number of carbonyl (C=O) groups excluding carboxylic acids is 1. The molecule has 5 atom stereocenters. The molecule has 4 fully saturated rings. The summed E-state index contributed by atoms with van der Waals surface area (Å²) in [5, 5.41) is 9.94. The van der Waals surface area contributed by atoms with Crippen LogP contribution in [-0.4, -0.2) is 49.6 Å². The maximum atomic E-state index is 12.8. The number of nitrogens with zero attached hydrogens (tertiary/aromatic N) is 2. The van der Waals surface area contributed by atoms with Gasteiger partial charge >= 0.3 is 5.97 Å². The van der Waals surface area contributed by atoms with Crippen LogP contribution >= 0.6 is 23.2 Å². The van der Waals surface area contributed by atoms with E-state index >= 15 is 0 Å². The van der Waals surface area contributed by atoms with Gasteiger partial charge in [0.2, 0.25) is 10.0 Å². The normalized spacial score (nSPS) is 26.8. The van der Waals surface area contributed by atoms with Crippen LogP contribution in [0.4, 0.5) is 5.69 Å². The number of carbonyl (C=O) groups is 1. The number of sulfonamides is 1. The van der Waals surface area contributed by atoms with Crippen LogP contribution in [-0.2, 0) is 26.1 Å². The van der Waals surface area contributed by atoms with Gasteiger partial charge in [0.05, 0.1) is 28.3 Å². The quantitative estimate of drug-likeness (QED) is 0.278. The van der Waals surface area contributed by atoms with Gasteiger partial charge in [0.15, 0.2) is 0 Å². The third-order valence-electron chi connectivity index (χ3n) is 9.39. The van der Waals surface area contributed by atoms with E-state index in [1.807, 2.05) is 18.2 Å². The lowest BCUT2D eigenvalue weighted by Gasteiger charge is -2.33. The molecule has 2 N–H and O–H groups in total. The van der Waals surface area contributed by atoms with Gasteiger partial charge in [-0.1, -0.05) is 34.4 Å². The lowest BCUT2D eigenvalue weighted by molar-refractivity contribution is 0.0122. The number of anilines is 1. The SMILES string of the molecule is NS(=O)(=O)C1CCC[C@H]1OC(=O)c1ccc(N2C[C@@H]3C[C@H]2C[C@H]3OCc2c(-c3c(Cl)cccc3Cl)noc2C2CC2)cc1. The number of piperidine rings is 1. The molecule has 1 aliphatic heterocycles. The van der Waals surface area contributed by atoms with E-state index in [4.69, 9.17) is 42.3 Å². The number of hydrogen-bond acceptors (Lipinski definition) is 8. The molecule has 1 saturated heterocycles. The molecule has 9 nitrogen and oxygen atoms in total. The molecule has 7 rings (SSSR count). The lowest BCUT2D eigenvalue weighted by Crippen LogP contribution is -2.38. The summed E-state index contributed by atoms with van der Waals surface area (Å²) in [5.41, 5.74) is 3.71. The number of hydrogen-bond donors (Lipinski definition) is 1. The van der Waals surface area contributed by atoms with Crippen LogP contribution in [0.2, 0.25) is 10.0 Å². The Balaban J connectivity index is 0.987. The molecule has 0 spiro atoms. The monoisotopic (exact) mass is 645 g/mol. The van der Waals surface area contributed by atoms with Gasteiger partial charge in [-0.05, 0) is 81.3 Å². The summed E-state index contributed by atoms with van der Waals surface area (Å²) >= 11 is 13.0. The van der Waals surface area contributed by atoms with E-state index < -0.39 is 27.3 Å². The van der Waals surface area contributed by atoms with Crippen LogP contribution in [0.1, 0.15) is 72.5 Å². The number of fused-ring (bicyclic) bond motifs is 2. The third-order valence-corrected chi connectivity index (χ3v) is 11.4. The lowest BCUT2D eigenvalue weighted by atomic mass is 10.0. The van der Waals surface area contributed by atoms with Crippen LogP contribution in [0.25, 0.3) is 11.3 Å². The number of rotatable bonds is 9. The predicted molar refractivity (Wildman–Crippen MR) is 163 cm³/mol. The van der Waals surface area contributed by atoms with Crippen LogP contribution in [0.5, 0.6) is 0 Å². The Bertz CT molecular complexity index is 1620. The molecular weight excluding hydrogens is 613 g/mol. The molecule has 0 amide bonds. The highest BCUT2D eigenvalue weighted by atomic mass is 35.5. The second-order valence-electron chi connectivity index (χ2n) is 12.2. The van der Waals surface area contributed by atoms with Gasteiger partial charge in [-0.2, -0.15) is 0 Å². The molecule has 1 aromatic heterocycles. The number of benzene rings is 2. The van der Waals surface area contributed by atoms with Gasteiger partial charge in [0, 0.05) is 41.2 Å². The van der Waals surface area contributed by atoms with Crippen molar-refractivity contribution in [2.45, 2.75) is 81.0 Å². The van der Waals surface area contributed by atoms with E-state index in [1.165, 1.54) is 0 Å². The van der Waals surface area contributed by atoms with Crippen molar-refractivity contribution in [3.8, 4) is 11.3 Å². The largest absolute Gasteiger partial charge is 0.457 e. The molecule has 43 heavy (non-hydrogen) atoms. The van der Waals surface area contributed by atoms with Crippen molar-refractivity contribution in [2.75, 3.05) is 11.4 Å². The minimum absolute atomic E-state index is 0.116. The summed E-state index contributed by atoms with van der Waals surface area (Å²) < 4.78 is 41.6. The summed E-state index contributed by atoms with van der Waals surface area (Å²) in [6.07, 6.45) is 5.08. The minimum atomic E-state index is -3.76. The number of halogens is 2. The van der Waals surface area contributed by atoms with E-state index in [2.05, 4.69) is 10.1 Å². The van der Waals surface area contributed by atoms with Crippen molar-refractivity contribution in [1.29, 1.82) is 0 Å². The Morgan fingerprint density at radius 3 is 2.42 bits per heavy atom. The van der Waals surface area contributed by atoms with E-state index in [0.717, 1.165) is 49.2 Å². The second-order valence-corrected chi connectivity index (χ2v) is 14.8. The third kappa shape index (κ3) is 5.68. The molecule has 2 heterocycles. The minimum Gasteiger partial charge on any atom is -0.457 e. The Labute approximate surface area is 260 Å². The maximum absolute atomic E-state index is 12.8. The highest BCUT2D eigenvalue weighted by molar-refractivity contribution is 7.89. The van der Waals surface area contributed by atoms with E-state index in [9.17, 15) is 13.2 Å². The fraction of sp³-hybridized carbons (Fsp3) is 0.484. The fourth-order valence-electron chi connectivity index (χ4n) is 7.06. The molecule has 4 aliphatic rings. The number of ether oxygens (including phenoxy) is 2. The zero-order chi connectivity index (χ0) is 29.9. The molecule has 3 saturated carbocycles. The number of nitrogens with two attached hydrogens (primary N) is 1. The van der Waals surface area contributed by atoms with Crippen LogP contribution in [0, 0.1) is 5.92 Å². The van der Waals surface area contributed by atoms with Crippen molar-refractivity contribution < 1.29 is 27.2 Å². The molecule has 2 bridgehead atoms. The summed E-state index contributed by atoms with van der Waals surface area (Å²) in [7, 11) is -3.76. The first kappa shape index (κ1) is 29.1.